The van der Waals surface area contributed by atoms with Gasteiger partial charge in [-0.25, -0.2) is 4.98 Å². The number of hydrogen-bond donors (Lipinski definition) is 1. The van der Waals surface area contributed by atoms with Gasteiger partial charge >= 0.3 is 0 Å². The summed E-state index contributed by atoms with van der Waals surface area (Å²) >= 11 is 7.36. The summed E-state index contributed by atoms with van der Waals surface area (Å²) in [4.78, 5) is 31.8. The van der Waals surface area contributed by atoms with Crippen molar-refractivity contribution in [1.82, 2.24) is 9.88 Å². The molecule has 1 aliphatic rings. The van der Waals surface area contributed by atoms with E-state index in [4.69, 9.17) is 11.6 Å². The highest BCUT2D eigenvalue weighted by atomic mass is 35.5. The molecule has 3 aromatic rings. The average molecular weight is 426 g/mol. The largest absolute Gasteiger partial charge is 0.336 e. The van der Waals surface area contributed by atoms with E-state index >= 15 is 0 Å². The minimum atomic E-state index is -0.220. The molecule has 0 radical (unpaired) electrons. The van der Waals surface area contributed by atoms with Crippen LogP contribution < -0.4 is 5.32 Å². The maximum Gasteiger partial charge on any atom is 0.273 e. The van der Waals surface area contributed by atoms with Crippen LogP contribution in [0.3, 0.4) is 0 Å². The Morgan fingerprint density at radius 1 is 1.10 bits per heavy atom. The van der Waals surface area contributed by atoms with Crippen LogP contribution in [0, 0.1) is 5.92 Å². The van der Waals surface area contributed by atoms with E-state index < -0.39 is 0 Å². The van der Waals surface area contributed by atoms with Crippen LogP contribution in [-0.2, 0) is 4.79 Å². The first-order valence-electron chi connectivity index (χ1n) is 9.47. The van der Waals surface area contributed by atoms with Crippen LogP contribution in [0.25, 0.3) is 10.6 Å². The highest BCUT2D eigenvalue weighted by Crippen LogP contribution is 2.27. The second-order valence-corrected chi connectivity index (χ2v) is 8.28. The van der Waals surface area contributed by atoms with Gasteiger partial charge < -0.3 is 10.2 Å². The van der Waals surface area contributed by atoms with Crippen LogP contribution in [0.4, 0.5) is 5.69 Å². The van der Waals surface area contributed by atoms with Crippen LogP contribution in [0.5, 0.6) is 0 Å². The predicted octanol–water partition coefficient (Wildman–Crippen LogP) is 4.95. The fourth-order valence-electron chi connectivity index (χ4n) is 3.40. The first-order valence-corrected chi connectivity index (χ1v) is 10.7. The fraction of sp³-hybridized carbons (Fsp3) is 0.227. The van der Waals surface area contributed by atoms with Crippen molar-refractivity contribution < 1.29 is 9.59 Å². The number of rotatable bonds is 4. The molecule has 4 rings (SSSR count). The minimum absolute atomic E-state index is 0.0474. The molecular weight excluding hydrogens is 406 g/mol. The second-order valence-electron chi connectivity index (χ2n) is 6.99. The maximum atomic E-state index is 12.9. The summed E-state index contributed by atoms with van der Waals surface area (Å²) < 4.78 is 0. The molecule has 2 aromatic carbocycles. The van der Waals surface area contributed by atoms with Crippen LogP contribution in [0.2, 0.25) is 5.02 Å². The summed E-state index contributed by atoms with van der Waals surface area (Å²) in [6, 6.07) is 16.8. The lowest BCUT2D eigenvalue weighted by Gasteiger charge is -2.31. The van der Waals surface area contributed by atoms with Gasteiger partial charge in [0.25, 0.3) is 5.91 Å². The highest BCUT2D eigenvalue weighted by molar-refractivity contribution is 7.13. The van der Waals surface area contributed by atoms with Gasteiger partial charge in [-0.05, 0) is 37.1 Å². The first-order chi connectivity index (χ1) is 14.1. The number of benzene rings is 2. The number of halogens is 1. The van der Waals surface area contributed by atoms with Gasteiger partial charge in [-0.15, -0.1) is 11.3 Å². The van der Waals surface area contributed by atoms with Crippen LogP contribution in [-0.4, -0.2) is 34.8 Å². The Morgan fingerprint density at radius 2 is 1.86 bits per heavy atom. The topological polar surface area (TPSA) is 62.3 Å². The van der Waals surface area contributed by atoms with E-state index in [0.717, 1.165) is 29.1 Å². The van der Waals surface area contributed by atoms with Gasteiger partial charge in [-0.3, -0.25) is 9.59 Å². The fourth-order valence-corrected chi connectivity index (χ4v) is 4.33. The van der Waals surface area contributed by atoms with Crippen LogP contribution in [0.1, 0.15) is 23.3 Å². The van der Waals surface area contributed by atoms with Gasteiger partial charge in [0, 0.05) is 34.7 Å². The Morgan fingerprint density at radius 3 is 2.62 bits per heavy atom. The van der Waals surface area contributed by atoms with E-state index in [0.29, 0.717) is 23.8 Å². The van der Waals surface area contributed by atoms with Gasteiger partial charge in [0.15, 0.2) is 0 Å². The Bertz CT molecular complexity index is 1000. The molecule has 0 aliphatic carbocycles. The molecule has 5 nitrogen and oxygen atoms in total. The van der Waals surface area contributed by atoms with Crippen molar-refractivity contribution in [2.24, 2.45) is 5.92 Å². The summed E-state index contributed by atoms with van der Waals surface area (Å²) in [7, 11) is 0. The molecule has 148 valence electrons. The summed E-state index contributed by atoms with van der Waals surface area (Å²) in [6.45, 7) is 1.05. The van der Waals surface area contributed by atoms with Crippen molar-refractivity contribution in [3.8, 4) is 10.6 Å². The summed E-state index contributed by atoms with van der Waals surface area (Å²) in [6.07, 6.45) is 1.57. The normalized spacial score (nSPS) is 16.4. The van der Waals surface area contributed by atoms with Crippen molar-refractivity contribution in [3.63, 3.8) is 0 Å². The van der Waals surface area contributed by atoms with E-state index in [1.807, 2.05) is 42.5 Å². The van der Waals surface area contributed by atoms with Crippen molar-refractivity contribution in [1.29, 1.82) is 0 Å². The third-order valence-corrected chi connectivity index (χ3v) is 6.08. The number of carbonyl (C=O) groups excluding carboxylic acids is 2. The average Bonchev–Trinajstić information content (AvgIpc) is 3.25. The maximum absolute atomic E-state index is 12.9. The Kier molecular flexibility index (Phi) is 5.92. The number of hydrogen-bond acceptors (Lipinski definition) is 4. The smallest absolute Gasteiger partial charge is 0.273 e. The zero-order valence-corrected chi connectivity index (χ0v) is 17.2. The monoisotopic (exact) mass is 425 g/mol. The zero-order valence-electron chi connectivity index (χ0n) is 15.7. The molecule has 1 saturated heterocycles. The lowest BCUT2D eigenvalue weighted by Crippen LogP contribution is -2.43. The number of piperidine rings is 1. The number of carbonyl (C=O) groups is 2. The Labute approximate surface area is 178 Å². The molecule has 1 fully saturated rings. The van der Waals surface area contributed by atoms with E-state index in [1.54, 1.807) is 22.4 Å². The van der Waals surface area contributed by atoms with Gasteiger partial charge in [0.1, 0.15) is 10.7 Å². The van der Waals surface area contributed by atoms with Crippen LogP contribution >= 0.6 is 22.9 Å². The first kappa shape index (κ1) is 19.6. The molecule has 1 aromatic heterocycles. The predicted molar refractivity (Wildman–Crippen MR) is 116 cm³/mol. The molecule has 29 heavy (non-hydrogen) atoms. The number of amides is 2. The van der Waals surface area contributed by atoms with Crippen molar-refractivity contribution in [2.75, 3.05) is 18.4 Å². The standard InChI is InChI=1S/C22H20ClN3O2S/c23-17-10-8-15(9-11-17)21-25-19(14-29-21)22(28)26-12-4-5-16(13-26)20(27)24-18-6-2-1-3-7-18/h1-3,6-11,14,16H,4-5,12-13H2,(H,24,27). The third kappa shape index (κ3) is 4.66. The van der Waals surface area contributed by atoms with Crippen molar-refractivity contribution >= 4 is 40.4 Å². The summed E-state index contributed by atoms with van der Waals surface area (Å²) in [5.74, 6) is -0.394. The van der Waals surface area contributed by atoms with Crippen molar-refractivity contribution in [3.05, 3.63) is 70.7 Å². The van der Waals surface area contributed by atoms with E-state index in [-0.39, 0.29) is 17.7 Å². The number of nitrogens with one attached hydrogen (secondary N) is 1. The SMILES string of the molecule is O=C(Nc1ccccc1)C1CCCN(C(=O)c2csc(-c3ccc(Cl)cc3)n2)C1. The number of thiazole rings is 1. The van der Waals surface area contributed by atoms with Crippen LogP contribution in [0.15, 0.2) is 60.0 Å². The van der Waals surface area contributed by atoms with E-state index in [1.165, 1.54) is 11.3 Å². The summed E-state index contributed by atoms with van der Waals surface area (Å²) in [5, 5.41) is 6.16. The van der Waals surface area contributed by atoms with Gasteiger partial charge in [-0.2, -0.15) is 0 Å². The van der Waals surface area contributed by atoms with Crippen molar-refractivity contribution in [2.45, 2.75) is 12.8 Å². The van der Waals surface area contributed by atoms with Gasteiger partial charge in [-0.1, -0.05) is 41.9 Å². The molecule has 7 heteroatoms. The number of anilines is 1. The van der Waals surface area contributed by atoms with Gasteiger partial charge in [0.05, 0.1) is 5.92 Å². The van der Waals surface area contributed by atoms with E-state index in [9.17, 15) is 9.59 Å². The minimum Gasteiger partial charge on any atom is -0.336 e. The van der Waals surface area contributed by atoms with E-state index in [2.05, 4.69) is 10.3 Å². The second kappa shape index (κ2) is 8.76. The number of aromatic nitrogens is 1. The zero-order chi connectivity index (χ0) is 20.2. The highest BCUT2D eigenvalue weighted by Gasteiger charge is 2.30. The lowest BCUT2D eigenvalue weighted by atomic mass is 9.96. The molecule has 2 amide bonds. The molecule has 0 saturated carbocycles. The molecule has 1 atom stereocenters. The summed E-state index contributed by atoms with van der Waals surface area (Å²) in [5.41, 5.74) is 2.12. The lowest BCUT2D eigenvalue weighted by molar-refractivity contribution is -0.121. The number of likely N-dealkylation sites (tertiary alicyclic amines) is 1. The Hall–Kier alpha value is -2.70. The quantitative estimate of drug-likeness (QED) is 0.643. The molecule has 1 N–H and O–H groups in total. The van der Waals surface area contributed by atoms with Gasteiger partial charge in [0.2, 0.25) is 5.91 Å². The molecule has 0 bridgehead atoms. The molecule has 1 unspecified atom stereocenters. The Balaban J connectivity index is 1.42. The molecule has 1 aliphatic heterocycles. The number of nitrogens with zero attached hydrogens (tertiary/aromatic N) is 2. The molecule has 2 heterocycles. The number of para-hydroxylation sites is 1. The molecular formula is C22H20ClN3O2S. The third-order valence-electron chi connectivity index (χ3n) is 4.94. The molecule has 0 spiro atoms.